The van der Waals surface area contributed by atoms with E-state index in [0.717, 1.165) is 33.2 Å². The van der Waals surface area contributed by atoms with Gasteiger partial charge in [0.1, 0.15) is 5.82 Å². The number of nitrogens with zero attached hydrogens (tertiary/aromatic N) is 1. The molecule has 0 atom stereocenters. The van der Waals surface area contributed by atoms with Crippen molar-refractivity contribution in [1.29, 1.82) is 0 Å². The van der Waals surface area contributed by atoms with Crippen LogP contribution in [0.15, 0.2) is 66.0 Å². The first-order valence-electron chi connectivity index (χ1n) is 7.83. The number of aromatic nitrogens is 2. The van der Waals surface area contributed by atoms with Crippen LogP contribution in [0.4, 0.5) is 0 Å². The van der Waals surface area contributed by atoms with E-state index >= 15 is 0 Å². The maximum absolute atomic E-state index is 9.82. The molecule has 4 aromatic rings. The fraction of sp³-hybridized carbons (Fsp3) is 0.0500. The smallest absolute Gasteiger partial charge is 0.161 e. The van der Waals surface area contributed by atoms with Gasteiger partial charge in [-0.2, -0.15) is 0 Å². The predicted octanol–water partition coefficient (Wildman–Crippen LogP) is 5.19. The van der Waals surface area contributed by atoms with Gasteiger partial charge in [-0.05, 0) is 29.6 Å². The number of imidazole rings is 1. The van der Waals surface area contributed by atoms with E-state index in [0.29, 0.717) is 5.75 Å². The molecule has 0 aliphatic rings. The van der Waals surface area contributed by atoms with Crippen molar-refractivity contribution in [2.24, 2.45) is 0 Å². The van der Waals surface area contributed by atoms with E-state index in [1.54, 1.807) is 23.5 Å². The molecule has 0 spiro atoms. The summed E-state index contributed by atoms with van der Waals surface area (Å²) in [6, 6.07) is 19.4. The zero-order chi connectivity index (χ0) is 17.2. The van der Waals surface area contributed by atoms with Crippen LogP contribution in [-0.2, 0) is 0 Å². The van der Waals surface area contributed by atoms with Crippen molar-refractivity contribution in [3.63, 3.8) is 0 Å². The SMILES string of the molecule is COc1cc(-c2nc(-c3ccccc3)c(-c3cccs3)[nH]2)ccc1O. The number of nitrogens with one attached hydrogen (secondary N) is 1. The van der Waals surface area contributed by atoms with Gasteiger partial charge in [0, 0.05) is 11.1 Å². The van der Waals surface area contributed by atoms with Crippen molar-refractivity contribution in [2.45, 2.75) is 0 Å². The third kappa shape index (κ3) is 2.90. The van der Waals surface area contributed by atoms with Gasteiger partial charge in [-0.1, -0.05) is 36.4 Å². The first kappa shape index (κ1) is 15.5. The highest BCUT2D eigenvalue weighted by molar-refractivity contribution is 7.13. The van der Waals surface area contributed by atoms with Gasteiger partial charge in [0.2, 0.25) is 0 Å². The normalized spacial score (nSPS) is 10.8. The lowest BCUT2D eigenvalue weighted by Gasteiger charge is -2.04. The number of hydrogen-bond acceptors (Lipinski definition) is 4. The molecule has 2 aromatic carbocycles. The summed E-state index contributed by atoms with van der Waals surface area (Å²) in [5.74, 6) is 1.27. The number of ether oxygens (including phenoxy) is 1. The highest BCUT2D eigenvalue weighted by Gasteiger charge is 2.16. The lowest BCUT2D eigenvalue weighted by atomic mass is 10.1. The Morgan fingerprint density at radius 3 is 2.56 bits per heavy atom. The molecule has 0 aliphatic carbocycles. The number of hydrogen-bond donors (Lipinski definition) is 2. The van der Waals surface area contributed by atoms with Crippen LogP contribution in [-0.4, -0.2) is 22.2 Å². The van der Waals surface area contributed by atoms with E-state index in [1.807, 2.05) is 35.7 Å². The maximum atomic E-state index is 9.82. The largest absolute Gasteiger partial charge is 0.504 e. The maximum Gasteiger partial charge on any atom is 0.161 e. The number of thiophene rings is 1. The number of rotatable bonds is 4. The second-order valence-corrected chi connectivity index (χ2v) is 6.49. The third-order valence-corrected chi connectivity index (χ3v) is 4.86. The number of aromatic hydroxyl groups is 1. The molecule has 0 amide bonds. The fourth-order valence-electron chi connectivity index (χ4n) is 2.74. The summed E-state index contributed by atoms with van der Waals surface area (Å²) in [7, 11) is 1.54. The number of H-pyrrole nitrogens is 1. The molecule has 2 heterocycles. The van der Waals surface area contributed by atoms with Crippen molar-refractivity contribution in [2.75, 3.05) is 7.11 Å². The molecule has 2 N–H and O–H groups in total. The Bertz CT molecular complexity index is 992. The van der Waals surface area contributed by atoms with Crippen LogP contribution in [0.3, 0.4) is 0 Å². The van der Waals surface area contributed by atoms with Crippen LogP contribution in [0.2, 0.25) is 0 Å². The standard InChI is InChI=1S/C20H16N2O2S/c1-24-16-12-14(9-10-15(16)23)20-21-18(13-6-3-2-4-7-13)19(22-20)17-8-5-11-25-17/h2-12,23H,1H3,(H,21,22). The molecule has 0 saturated heterocycles. The number of aromatic amines is 1. The second-order valence-electron chi connectivity index (χ2n) is 5.54. The lowest BCUT2D eigenvalue weighted by Crippen LogP contribution is -1.86. The minimum atomic E-state index is 0.111. The summed E-state index contributed by atoms with van der Waals surface area (Å²) in [6.07, 6.45) is 0. The average Bonchev–Trinajstić information content (AvgIpc) is 3.32. The molecule has 0 fully saturated rings. The summed E-state index contributed by atoms with van der Waals surface area (Å²) in [5.41, 5.74) is 3.81. The Labute approximate surface area is 149 Å². The molecule has 2 aromatic heterocycles. The summed E-state index contributed by atoms with van der Waals surface area (Å²) in [5, 5.41) is 11.9. The zero-order valence-electron chi connectivity index (χ0n) is 13.6. The van der Waals surface area contributed by atoms with Crippen LogP contribution in [0.1, 0.15) is 0 Å². The van der Waals surface area contributed by atoms with Crippen LogP contribution < -0.4 is 4.74 Å². The Balaban J connectivity index is 1.88. The molecule has 0 aliphatic heterocycles. The zero-order valence-corrected chi connectivity index (χ0v) is 14.4. The number of phenolic OH excluding ortho intramolecular Hbond substituents is 1. The highest BCUT2D eigenvalue weighted by atomic mass is 32.1. The highest BCUT2D eigenvalue weighted by Crippen LogP contribution is 2.37. The van der Waals surface area contributed by atoms with E-state index in [9.17, 15) is 5.11 Å². The van der Waals surface area contributed by atoms with Crippen molar-refractivity contribution >= 4 is 11.3 Å². The molecular weight excluding hydrogens is 332 g/mol. The topological polar surface area (TPSA) is 58.1 Å². The molecule has 0 radical (unpaired) electrons. The monoisotopic (exact) mass is 348 g/mol. The quantitative estimate of drug-likeness (QED) is 0.534. The number of phenols is 1. The van der Waals surface area contributed by atoms with Gasteiger partial charge in [0.05, 0.1) is 23.4 Å². The molecule has 0 unspecified atom stereocenters. The van der Waals surface area contributed by atoms with Crippen molar-refractivity contribution in [3.05, 3.63) is 66.0 Å². The van der Waals surface area contributed by atoms with E-state index in [4.69, 9.17) is 9.72 Å². The Morgan fingerprint density at radius 2 is 1.84 bits per heavy atom. The van der Waals surface area contributed by atoms with Gasteiger partial charge in [-0.3, -0.25) is 0 Å². The average molecular weight is 348 g/mol. The van der Waals surface area contributed by atoms with Crippen LogP contribution in [0.25, 0.3) is 33.2 Å². The van der Waals surface area contributed by atoms with Crippen molar-refractivity contribution in [3.8, 4) is 44.7 Å². The summed E-state index contributed by atoms with van der Waals surface area (Å²) in [6.45, 7) is 0. The first-order chi connectivity index (χ1) is 12.3. The predicted molar refractivity (Wildman–Crippen MR) is 101 cm³/mol. The fourth-order valence-corrected chi connectivity index (χ4v) is 3.47. The molecular formula is C20H16N2O2S. The van der Waals surface area contributed by atoms with E-state index in [2.05, 4.69) is 23.2 Å². The minimum absolute atomic E-state index is 0.111. The van der Waals surface area contributed by atoms with Gasteiger partial charge < -0.3 is 14.8 Å². The van der Waals surface area contributed by atoms with E-state index in [1.165, 1.54) is 7.11 Å². The molecule has 0 bridgehead atoms. The van der Waals surface area contributed by atoms with Crippen molar-refractivity contribution < 1.29 is 9.84 Å². The summed E-state index contributed by atoms with van der Waals surface area (Å²) >= 11 is 1.67. The van der Waals surface area contributed by atoms with E-state index < -0.39 is 0 Å². The molecule has 25 heavy (non-hydrogen) atoms. The molecule has 0 saturated carbocycles. The van der Waals surface area contributed by atoms with Gasteiger partial charge in [0.25, 0.3) is 0 Å². The van der Waals surface area contributed by atoms with E-state index in [-0.39, 0.29) is 5.75 Å². The summed E-state index contributed by atoms with van der Waals surface area (Å²) < 4.78 is 5.21. The molecule has 5 heteroatoms. The second kappa shape index (κ2) is 6.45. The van der Waals surface area contributed by atoms with Crippen LogP contribution >= 0.6 is 11.3 Å². The number of benzene rings is 2. The third-order valence-electron chi connectivity index (χ3n) is 3.97. The van der Waals surface area contributed by atoms with Crippen molar-refractivity contribution in [1.82, 2.24) is 9.97 Å². The first-order valence-corrected chi connectivity index (χ1v) is 8.71. The lowest BCUT2D eigenvalue weighted by molar-refractivity contribution is 0.373. The number of methoxy groups -OCH3 is 1. The van der Waals surface area contributed by atoms with Gasteiger partial charge in [-0.15, -0.1) is 11.3 Å². The van der Waals surface area contributed by atoms with Gasteiger partial charge in [0.15, 0.2) is 11.5 Å². The van der Waals surface area contributed by atoms with Gasteiger partial charge in [-0.25, -0.2) is 4.98 Å². The minimum Gasteiger partial charge on any atom is -0.504 e. The van der Waals surface area contributed by atoms with Crippen LogP contribution in [0.5, 0.6) is 11.5 Å². The summed E-state index contributed by atoms with van der Waals surface area (Å²) in [4.78, 5) is 9.39. The Hall–Kier alpha value is -3.05. The molecule has 4 nitrogen and oxygen atoms in total. The molecule has 124 valence electrons. The van der Waals surface area contributed by atoms with Gasteiger partial charge >= 0.3 is 0 Å². The van der Waals surface area contributed by atoms with Crippen LogP contribution in [0, 0.1) is 0 Å². The molecule has 4 rings (SSSR count). The Kier molecular flexibility index (Phi) is 3.99. The Morgan fingerprint density at radius 1 is 1.00 bits per heavy atom.